The molecule has 0 spiro atoms. The van der Waals surface area contributed by atoms with Crippen LogP contribution in [0.15, 0.2) is 30.4 Å². The Balaban J connectivity index is 3.19. The number of nitrogens with one attached hydrogen (secondary N) is 1. The molecule has 1 aromatic carbocycles. The largest absolute Gasteiger partial charge is 0.489 e. The first-order valence-corrected chi connectivity index (χ1v) is 7.95. The van der Waals surface area contributed by atoms with Crippen molar-refractivity contribution in [3.63, 3.8) is 0 Å². The molecule has 0 bridgehead atoms. The number of benzene rings is 1. The van der Waals surface area contributed by atoms with Crippen LogP contribution in [0.25, 0.3) is 0 Å². The number of aromatic carboxylic acids is 1. The molecule has 0 aliphatic heterocycles. The molecule has 21 heavy (non-hydrogen) atoms. The highest BCUT2D eigenvalue weighted by Crippen LogP contribution is 2.28. The van der Waals surface area contributed by atoms with E-state index in [0.717, 1.165) is 0 Å². The van der Waals surface area contributed by atoms with Gasteiger partial charge in [-0.3, -0.25) is 4.72 Å². The van der Waals surface area contributed by atoms with Crippen molar-refractivity contribution in [2.45, 2.75) is 26.9 Å². The molecule has 0 saturated heterocycles. The van der Waals surface area contributed by atoms with Gasteiger partial charge in [0.05, 0.1) is 23.1 Å². The Labute approximate surface area is 124 Å². The third-order valence-corrected chi connectivity index (χ3v) is 3.69. The quantitative estimate of drug-likeness (QED) is 0.754. The third kappa shape index (κ3) is 5.47. The first-order valence-electron chi connectivity index (χ1n) is 6.29. The SMILES string of the molecule is C=C(C)CS(=O)(=O)Nc1cc(C(=O)O)ccc1OC(C)C. The number of hydrogen-bond acceptors (Lipinski definition) is 4. The molecule has 0 unspecified atom stereocenters. The zero-order chi connectivity index (χ0) is 16.2. The van der Waals surface area contributed by atoms with Crippen LogP contribution in [-0.4, -0.2) is 31.4 Å². The molecule has 1 rings (SSSR count). The summed E-state index contributed by atoms with van der Waals surface area (Å²) < 4.78 is 31.7. The highest BCUT2D eigenvalue weighted by molar-refractivity contribution is 7.92. The molecule has 0 heterocycles. The fraction of sp³-hybridized carbons (Fsp3) is 0.357. The summed E-state index contributed by atoms with van der Waals surface area (Å²) in [4.78, 5) is 11.0. The van der Waals surface area contributed by atoms with Crippen molar-refractivity contribution in [3.8, 4) is 5.75 Å². The van der Waals surface area contributed by atoms with Gasteiger partial charge in [0.15, 0.2) is 0 Å². The van der Waals surface area contributed by atoms with Crippen LogP contribution < -0.4 is 9.46 Å². The van der Waals surface area contributed by atoms with Crippen molar-refractivity contribution in [1.82, 2.24) is 0 Å². The van der Waals surface area contributed by atoms with Crippen molar-refractivity contribution in [1.29, 1.82) is 0 Å². The van der Waals surface area contributed by atoms with E-state index in [1.54, 1.807) is 20.8 Å². The van der Waals surface area contributed by atoms with E-state index in [2.05, 4.69) is 11.3 Å². The van der Waals surface area contributed by atoms with Crippen LogP contribution in [0.2, 0.25) is 0 Å². The predicted octanol–water partition coefficient (Wildman–Crippen LogP) is 2.49. The molecule has 2 N–H and O–H groups in total. The fourth-order valence-corrected chi connectivity index (χ4v) is 2.84. The molecule has 0 saturated carbocycles. The minimum atomic E-state index is -3.66. The van der Waals surface area contributed by atoms with Gasteiger partial charge < -0.3 is 9.84 Å². The molecule has 0 aromatic heterocycles. The van der Waals surface area contributed by atoms with E-state index in [1.165, 1.54) is 18.2 Å². The maximum Gasteiger partial charge on any atom is 0.335 e. The first-order chi connectivity index (χ1) is 9.60. The summed E-state index contributed by atoms with van der Waals surface area (Å²) in [7, 11) is -3.66. The number of anilines is 1. The van der Waals surface area contributed by atoms with Crippen molar-refractivity contribution >= 4 is 21.7 Å². The third-order valence-electron chi connectivity index (χ3n) is 2.29. The minimum Gasteiger partial charge on any atom is -0.489 e. The number of hydrogen-bond donors (Lipinski definition) is 2. The highest BCUT2D eigenvalue weighted by Gasteiger charge is 2.17. The number of sulfonamides is 1. The molecule has 0 radical (unpaired) electrons. The number of rotatable bonds is 7. The molecule has 0 fully saturated rings. The van der Waals surface area contributed by atoms with Gasteiger partial charge in [-0.25, -0.2) is 13.2 Å². The zero-order valence-corrected chi connectivity index (χ0v) is 13.0. The van der Waals surface area contributed by atoms with E-state index in [0.29, 0.717) is 5.57 Å². The lowest BCUT2D eigenvalue weighted by Crippen LogP contribution is -2.19. The molecule has 0 atom stereocenters. The summed E-state index contributed by atoms with van der Waals surface area (Å²) >= 11 is 0. The number of carbonyl (C=O) groups is 1. The van der Waals surface area contributed by atoms with Crippen LogP contribution in [0.5, 0.6) is 5.75 Å². The molecular formula is C14H19NO5S. The zero-order valence-electron chi connectivity index (χ0n) is 12.2. The summed E-state index contributed by atoms with van der Waals surface area (Å²) in [6, 6.07) is 4.02. The Morgan fingerprint density at radius 1 is 1.43 bits per heavy atom. The van der Waals surface area contributed by atoms with Crippen LogP contribution in [0.3, 0.4) is 0 Å². The van der Waals surface area contributed by atoms with Crippen LogP contribution >= 0.6 is 0 Å². The molecule has 0 amide bonds. The lowest BCUT2D eigenvalue weighted by atomic mass is 10.2. The van der Waals surface area contributed by atoms with Gasteiger partial charge in [-0.1, -0.05) is 12.2 Å². The number of ether oxygens (including phenoxy) is 1. The molecule has 0 aliphatic rings. The number of carboxylic acid groups (broad SMARTS) is 1. The predicted molar refractivity (Wildman–Crippen MR) is 81.4 cm³/mol. The van der Waals surface area contributed by atoms with Crippen LogP contribution in [0.4, 0.5) is 5.69 Å². The van der Waals surface area contributed by atoms with Crippen LogP contribution in [0.1, 0.15) is 31.1 Å². The topological polar surface area (TPSA) is 92.7 Å². The monoisotopic (exact) mass is 313 g/mol. The summed E-state index contributed by atoms with van der Waals surface area (Å²) in [5.41, 5.74) is 0.548. The highest BCUT2D eigenvalue weighted by atomic mass is 32.2. The summed E-state index contributed by atoms with van der Waals surface area (Å²) in [5, 5.41) is 8.99. The van der Waals surface area contributed by atoms with Crippen molar-refractivity contribution in [3.05, 3.63) is 35.9 Å². The van der Waals surface area contributed by atoms with E-state index in [-0.39, 0.29) is 28.9 Å². The average Bonchev–Trinajstić information content (AvgIpc) is 2.28. The fourth-order valence-electron chi connectivity index (χ4n) is 1.63. The van der Waals surface area contributed by atoms with E-state index < -0.39 is 16.0 Å². The molecule has 1 aromatic rings. The Kier molecular flexibility index (Phi) is 5.37. The molecule has 7 heteroatoms. The van der Waals surface area contributed by atoms with Gasteiger partial charge in [-0.05, 0) is 39.0 Å². The molecule has 0 aliphatic carbocycles. The normalized spacial score (nSPS) is 11.2. The van der Waals surface area contributed by atoms with Gasteiger partial charge in [0, 0.05) is 0 Å². The van der Waals surface area contributed by atoms with Crippen LogP contribution in [0, 0.1) is 0 Å². The van der Waals surface area contributed by atoms with Gasteiger partial charge in [0.2, 0.25) is 10.0 Å². The Hall–Kier alpha value is -2.02. The minimum absolute atomic E-state index is 0.0286. The lowest BCUT2D eigenvalue weighted by molar-refractivity contribution is 0.0697. The lowest BCUT2D eigenvalue weighted by Gasteiger charge is -2.16. The van der Waals surface area contributed by atoms with Gasteiger partial charge in [-0.15, -0.1) is 0 Å². The maximum absolute atomic E-state index is 12.0. The standard InChI is InChI=1S/C14H19NO5S/c1-9(2)8-21(18,19)15-12-7-11(14(16)17)5-6-13(12)20-10(3)4/h5-7,10,15H,1,8H2,2-4H3,(H,16,17). The Morgan fingerprint density at radius 3 is 2.52 bits per heavy atom. The summed E-state index contributed by atoms with van der Waals surface area (Å²) in [6.07, 6.45) is -0.176. The van der Waals surface area contributed by atoms with Crippen molar-refractivity contribution in [2.75, 3.05) is 10.5 Å². The second kappa shape index (κ2) is 6.62. The second-order valence-corrected chi connectivity index (χ2v) is 6.72. The second-order valence-electron chi connectivity index (χ2n) is 5.00. The smallest absolute Gasteiger partial charge is 0.335 e. The number of carboxylic acids is 1. The van der Waals surface area contributed by atoms with Gasteiger partial charge in [-0.2, -0.15) is 0 Å². The van der Waals surface area contributed by atoms with Crippen molar-refractivity contribution in [2.24, 2.45) is 0 Å². The maximum atomic E-state index is 12.0. The van der Waals surface area contributed by atoms with Crippen molar-refractivity contribution < 1.29 is 23.1 Å². The van der Waals surface area contributed by atoms with E-state index in [9.17, 15) is 13.2 Å². The van der Waals surface area contributed by atoms with E-state index in [1.807, 2.05) is 0 Å². The Bertz CT molecular complexity index is 649. The van der Waals surface area contributed by atoms with E-state index in [4.69, 9.17) is 9.84 Å². The van der Waals surface area contributed by atoms with Gasteiger partial charge >= 0.3 is 5.97 Å². The van der Waals surface area contributed by atoms with E-state index >= 15 is 0 Å². The summed E-state index contributed by atoms with van der Waals surface area (Å²) in [5.74, 6) is -1.11. The molecule has 116 valence electrons. The van der Waals surface area contributed by atoms with Gasteiger partial charge in [0.25, 0.3) is 0 Å². The van der Waals surface area contributed by atoms with Crippen LogP contribution in [-0.2, 0) is 10.0 Å². The van der Waals surface area contributed by atoms with Gasteiger partial charge in [0.1, 0.15) is 5.75 Å². The summed E-state index contributed by atoms with van der Waals surface area (Å²) in [6.45, 7) is 8.73. The molecular weight excluding hydrogens is 294 g/mol. The first kappa shape index (κ1) is 17.0. The molecule has 6 nitrogen and oxygen atoms in total. The average molecular weight is 313 g/mol. The Morgan fingerprint density at radius 2 is 2.05 bits per heavy atom.